The molecule has 100 valence electrons. The van der Waals surface area contributed by atoms with Crippen molar-refractivity contribution < 1.29 is 4.79 Å². The van der Waals surface area contributed by atoms with Gasteiger partial charge in [0.05, 0.1) is 0 Å². The van der Waals surface area contributed by atoms with Crippen molar-refractivity contribution in [3.8, 4) is 0 Å². The summed E-state index contributed by atoms with van der Waals surface area (Å²) in [4.78, 5) is 11.8. The van der Waals surface area contributed by atoms with Crippen molar-refractivity contribution in [3.05, 3.63) is 64.9 Å². The number of ketones is 1. The van der Waals surface area contributed by atoms with Crippen LogP contribution in [-0.4, -0.2) is 5.78 Å². The Morgan fingerprint density at radius 1 is 1.42 bits per heavy atom. The Labute approximate surface area is 126 Å². The molecule has 19 heavy (non-hydrogen) atoms. The van der Waals surface area contributed by atoms with E-state index in [1.54, 1.807) is 24.3 Å². The molecule has 0 aromatic heterocycles. The third kappa shape index (κ3) is 4.37. The molecule has 2 N–H and O–H groups in total. The van der Waals surface area contributed by atoms with Gasteiger partial charge >= 0.3 is 0 Å². The highest BCUT2D eigenvalue weighted by atomic mass is 79.9. The lowest BCUT2D eigenvalue weighted by Gasteiger charge is -2.04. The molecule has 1 aromatic carbocycles. The van der Waals surface area contributed by atoms with E-state index in [1.165, 1.54) is 6.20 Å². The van der Waals surface area contributed by atoms with Crippen molar-refractivity contribution in [3.63, 3.8) is 0 Å². The van der Waals surface area contributed by atoms with E-state index in [2.05, 4.69) is 22.5 Å². The molecule has 2 rings (SSSR count). The lowest BCUT2D eigenvalue weighted by atomic mass is 10.0. The molecule has 4 heteroatoms. The predicted molar refractivity (Wildman–Crippen MR) is 85.4 cm³/mol. The zero-order valence-electron chi connectivity index (χ0n) is 10.6. The molecule has 0 unspecified atom stereocenters. The van der Waals surface area contributed by atoms with E-state index in [-0.39, 0.29) is 5.78 Å². The summed E-state index contributed by atoms with van der Waals surface area (Å²) in [6, 6.07) is 5.27. The van der Waals surface area contributed by atoms with Gasteiger partial charge in [0.1, 0.15) is 0 Å². The second-order valence-corrected chi connectivity index (χ2v) is 5.26. The molecule has 0 saturated heterocycles. The number of fused-ring (bicyclic) bond motifs is 1. The molecule has 0 heterocycles. The molecular formula is C15H15BrClNO. The largest absolute Gasteiger partial charge is 0.405 e. The fourth-order valence-electron chi connectivity index (χ4n) is 1.57. The van der Waals surface area contributed by atoms with E-state index in [1.807, 2.05) is 13.0 Å². The van der Waals surface area contributed by atoms with Crippen molar-refractivity contribution in [1.82, 2.24) is 0 Å². The minimum absolute atomic E-state index is 0.0809. The van der Waals surface area contributed by atoms with Crippen LogP contribution in [-0.2, 0) is 0 Å². The summed E-state index contributed by atoms with van der Waals surface area (Å²) in [5, 5.41) is 0.624. The number of carbonyl (C=O) groups is 1. The molecule has 0 spiro atoms. The number of carbonyl (C=O) groups excluding carboxylic acids is 1. The molecule has 0 bridgehead atoms. The smallest absolute Gasteiger partial charge is 0.167 e. The van der Waals surface area contributed by atoms with E-state index < -0.39 is 0 Å². The maximum Gasteiger partial charge on any atom is 0.167 e. The fourth-order valence-corrected chi connectivity index (χ4v) is 2.39. The Morgan fingerprint density at radius 2 is 2.05 bits per heavy atom. The van der Waals surface area contributed by atoms with E-state index in [0.717, 1.165) is 15.6 Å². The van der Waals surface area contributed by atoms with E-state index in [9.17, 15) is 4.79 Å². The van der Waals surface area contributed by atoms with Gasteiger partial charge in [0.2, 0.25) is 0 Å². The molecule has 2 nitrogen and oxygen atoms in total. The summed E-state index contributed by atoms with van der Waals surface area (Å²) in [6.45, 7) is 5.70. The van der Waals surface area contributed by atoms with Gasteiger partial charge in [-0.3, -0.25) is 4.79 Å². The van der Waals surface area contributed by atoms with Crippen molar-refractivity contribution in [2.75, 3.05) is 0 Å². The van der Waals surface area contributed by atoms with Crippen LogP contribution in [0.25, 0.3) is 4.48 Å². The molecule has 0 radical (unpaired) electrons. The number of halogens is 2. The normalized spacial score (nSPS) is 14.4. The van der Waals surface area contributed by atoms with Crippen molar-refractivity contribution in [2.45, 2.75) is 13.3 Å². The van der Waals surface area contributed by atoms with Gasteiger partial charge in [-0.1, -0.05) is 40.2 Å². The van der Waals surface area contributed by atoms with Gasteiger partial charge in [0.15, 0.2) is 5.78 Å². The van der Waals surface area contributed by atoms with E-state index in [4.69, 9.17) is 17.3 Å². The number of benzene rings is 1. The van der Waals surface area contributed by atoms with Gasteiger partial charge in [-0.05, 0) is 43.0 Å². The lowest BCUT2D eigenvalue weighted by molar-refractivity contribution is 0.0994. The first kappa shape index (κ1) is 15.7. The topological polar surface area (TPSA) is 43.1 Å². The first-order valence-corrected chi connectivity index (χ1v) is 6.87. The lowest BCUT2D eigenvalue weighted by Crippen LogP contribution is -2.00. The highest BCUT2D eigenvalue weighted by molar-refractivity contribution is 9.15. The number of Topliss-reactive ketones (excluding diaryl/α,β-unsaturated/α-hetero) is 1. The standard InChI is InChI=1S/C12H8BrClO.C3H7N/c1-7-4-11(13)10-6-8(14)2-3-9(10)12(15)5-7;1-2-3-4/h2-4,6H,1,5H2;2-3H,4H2,1H3/b;3-2-. The molecule has 0 saturated carbocycles. The first-order chi connectivity index (χ1) is 8.99. The zero-order valence-corrected chi connectivity index (χ0v) is 13.0. The van der Waals surface area contributed by atoms with Crippen LogP contribution in [0, 0.1) is 0 Å². The van der Waals surface area contributed by atoms with Gasteiger partial charge in [0.25, 0.3) is 0 Å². The summed E-state index contributed by atoms with van der Waals surface area (Å²) >= 11 is 9.33. The van der Waals surface area contributed by atoms with Crippen LogP contribution in [0.2, 0.25) is 5.02 Å². The first-order valence-electron chi connectivity index (χ1n) is 5.70. The summed E-state index contributed by atoms with van der Waals surface area (Å²) in [6.07, 6.45) is 5.50. The second-order valence-electron chi connectivity index (χ2n) is 3.97. The Morgan fingerprint density at radius 3 is 2.63 bits per heavy atom. The Kier molecular flexibility index (Phi) is 6.06. The second kappa shape index (κ2) is 7.31. The van der Waals surface area contributed by atoms with Gasteiger partial charge in [-0.2, -0.15) is 0 Å². The number of nitrogens with two attached hydrogens (primary N) is 1. The summed E-state index contributed by atoms with van der Waals surface area (Å²) in [5.41, 5.74) is 7.19. The Bertz CT molecular complexity index is 557. The van der Waals surface area contributed by atoms with Crippen LogP contribution in [0.5, 0.6) is 0 Å². The van der Waals surface area contributed by atoms with Gasteiger partial charge in [-0.25, -0.2) is 0 Å². The van der Waals surface area contributed by atoms with Gasteiger partial charge < -0.3 is 5.73 Å². The number of rotatable bonds is 0. The molecule has 0 amide bonds. The molecule has 0 aliphatic heterocycles. The predicted octanol–water partition coefficient (Wildman–Crippen LogP) is 4.70. The average Bonchev–Trinajstić information content (AvgIpc) is 2.47. The third-order valence-electron chi connectivity index (χ3n) is 2.45. The van der Waals surface area contributed by atoms with Crippen molar-refractivity contribution >= 4 is 37.8 Å². The zero-order chi connectivity index (χ0) is 14.4. The van der Waals surface area contributed by atoms with E-state index >= 15 is 0 Å². The molecule has 1 aliphatic rings. The van der Waals surface area contributed by atoms with E-state index in [0.29, 0.717) is 17.0 Å². The summed E-state index contributed by atoms with van der Waals surface area (Å²) in [5.74, 6) is 0.0809. The van der Waals surface area contributed by atoms with Crippen LogP contribution in [0.4, 0.5) is 0 Å². The number of hydrogen-bond donors (Lipinski definition) is 1. The van der Waals surface area contributed by atoms with Crippen LogP contribution < -0.4 is 5.73 Å². The highest BCUT2D eigenvalue weighted by Gasteiger charge is 2.17. The number of allylic oxidation sites excluding steroid dienone is 3. The molecular weight excluding hydrogens is 326 g/mol. The monoisotopic (exact) mass is 339 g/mol. The Hall–Kier alpha value is -1.32. The maximum atomic E-state index is 11.8. The number of hydrogen-bond acceptors (Lipinski definition) is 2. The average molecular weight is 341 g/mol. The molecule has 1 aliphatic carbocycles. The van der Waals surface area contributed by atoms with Crippen molar-refractivity contribution in [1.29, 1.82) is 0 Å². The minimum atomic E-state index is 0.0809. The summed E-state index contributed by atoms with van der Waals surface area (Å²) < 4.78 is 0.857. The van der Waals surface area contributed by atoms with Crippen LogP contribution in [0.15, 0.2) is 48.7 Å². The highest BCUT2D eigenvalue weighted by Crippen LogP contribution is 2.32. The fraction of sp³-hybridized carbons (Fsp3) is 0.133. The minimum Gasteiger partial charge on any atom is -0.405 e. The van der Waals surface area contributed by atoms with Gasteiger partial charge in [0, 0.05) is 27.1 Å². The van der Waals surface area contributed by atoms with Gasteiger partial charge in [-0.15, -0.1) is 0 Å². The summed E-state index contributed by atoms with van der Waals surface area (Å²) in [7, 11) is 0. The SMILES string of the molecule is C/C=C\N.C=C1C=C(Br)c2cc(Cl)ccc2C(=O)C1. The van der Waals surface area contributed by atoms with Crippen molar-refractivity contribution in [2.24, 2.45) is 5.73 Å². The quantitative estimate of drug-likeness (QED) is 0.744. The molecule has 1 aromatic rings. The van der Waals surface area contributed by atoms with Crippen LogP contribution in [0.3, 0.4) is 0 Å². The van der Waals surface area contributed by atoms with Crippen LogP contribution in [0.1, 0.15) is 29.3 Å². The Balaban J connectivity index is 0.000000399. The molecule has 0 atom stereocenters. The molecule has 0 fully saturated rings. The maximum absolute atomic E-state index is 11.8. The van der Waals surface area contributed by atoms with Crippen LogP contribution >= 0.6 is 27.5 Å². The third-order valence-corrected chi connectivity index (χ3v) is 3.34.